The van der Waals surface area contributed by atoms with Gasteiger partial charge in [0.2, 0.25) is 11.0 Å². The summed E-state index contributed by atoms with van der Waals surface area (Å²) in [6.45, 7) is 4.74. The minimum Gasteiger partial charge on any atom is -0.467 e. The van der Waals surface area contributed by atoms with Crippen LogP contribution < -0.4 is 10.2 Å². The molecule has 1 fully saturated rings. The molecule has 4 rings (SSSR count). The fraction of sp³-hybridized carbons (Fsp3) is 0.412. The van der Waals surface area contributed by atoms with Crippen LogP contribution in [0.2, 0.25) is 0 Å². The van der Waals surface area contributed by atoms with Gasteiger partial charge in [-0.3, -0.25) is 9.59 Å². The Hall–Kier alpha value is -2.51. The molecule has 1 aliphatic heterocycles. The molecule has 0 spiro atoms. The number of rotatable bonds is 7. The quantitative estimate of drug-likeness (QED) is 0.520. The van der Waals surface area contributed by atoms with Crippen LogP contribution in [0.25, 0.3) is 0 Å². The van der Waals surface area contributed by atoms with Crippen molar-refractivity contribution in [1.29, 1.82) is 0 Å². The fourth-order valence-electron chi connectivity index (χ4n) is 2.84. The molecule has 3 aromatic heterocycles. The molecule has 10 nitrogen and oxygen atoms in total. The summed E-state index contributed by atoms with van der Waals surface area (Å²) in [5.41, 5.74) is 0.673. The van der Waals surface area contributed by atoms with Crippen LogP contribution in [-0.2, 0) is 11.3 Å². The Morgan fingerprint density at radius 3 is 2.77 bits per heavy atom. The fourth-order valence-corrected chi connectivity index (χ4v) is 5.19. The molecule has 1 N–H and O–H groups in total. The van der Waals surface area contributed by atoms with Crippen molar-refractivity contribution < 1.29 is 14.0 Å². The van der Waals surface area contributed by atoms with E-state index in [1.165, 1.54) is 23.1 Å². The third kappa shape index (κ3) is 4.96. The number of thioether (sulfide) groups is 1. The Kier molecular flexibility index (Phi) is 6.59. The molecule has 3 aromatic rings. The highest BCUT2D eigenvalue weighted by Crippen LogP contribution is 2.28. The summed E-state index contributed by atoms with van der Waals surface area (Å²) in [6.07, 6.45) is 1.58. The van der Waals surface area contributed by atoms with E-state index in [4.69, 9.17) is 4.42 Å². The number of amides is 2. The molecule has 158 valence electrons. The van der Waals surface area contributed by atoms with Crippen molar-refractivity contribution in [3.8, 4) is 0 Å². The first-order valence-electron chi connectivity index (χ1n) is 9.18. The Balaban J connectivity index is 1.23. The molecule has 0 bridgehead atoms. The highest BCUT2D eigenvalue weighted by molar-refractivity contribution is 8.01. The van der Waals surface area contributed by atoms with Gasteiger partial charge in [0.1, 0.15) is 10.6 Å². The van der Waals surface area contributed by atoms with Crippen LogP contribution >= 0.6 is 34.6 Å². The van der Waals surface area contributed by atoms with Crippen molar-refractivity contribution >= 4 is 51.6 Å². The van der Waals surface area contributed by atoms with E-state index in [1.54, 1.807) is 19.3 Å². The van der Waals surface area contributed by atoms with Gasteiger partial charge in [0.05, 0.1) is 24.3 Å². The molecular weight excluding hydrogens is 446 g/mol. The third-order valence-electron chi connectivity index (χ3n) is 4.45. The van der Waals surface area contributed by atoms with Gasteiger partial charge in [-0.15, -0.1) is 15.3 Å². The van der Waals surface area contributed by atoms with Gasteiger partial charge < -0.3 is 19.5 Å². The van der Waals surface area contributed by atoms with Crippen LogP contribution in [0, 0.1) is 6.92 Å². The number of carbonyl (C=O) groups is 2. The maximum Gasteiger partial charge on any atom is 0.267 e. The SMILES string of the molecule is Cc1nnsc1C(=O)N1CCN(c2nnc(SCC(=O)NCc3ccco3)s2)CC1. The first-order chi connectivity index (χ1) is 14.6. The summed E-state index contributed by atoms with van der Waals surface area (Å²) < 4.78 is 9.77. The summed E-state index contributed by atoms with van der Waals surface area (Å²) >= 11 is 3.94. The maximum atomic E-state index is 12.6. The van der Waals surface area contributed by atoms with E-state index in [0.717, 1.165) is 21.0 Å². The lowest BCUT2D eigenvalue weighted by atomic mass is 10.3. The van der Waals surface area contributed by atoms with Gasteiger partial charge in [-0.1, -0.05) is 27.6 Å². The molecule has 1 saturated heterocycles. The van der Waals surface area contributed by atoms with Crippen molar-refractivity contribution in [2.75, 3.05) is 36.8 Å². The summed E-state index contributed by atoms with van der Waals surface area (Å²) in [4.78, 5) is 29.1. The molecule has 2 amide bonds. The van der Waals surface area contributed by atoms with E-state index in [0.29, 0.717) is 49.1 Å². The smallest absolute Gasteiger partial charge is 0.267 e. The standard InChI is InChI=1S/C17H19N7O3S3/c1-11-14(30-22-19-11)15(26)23-4-6-24(7-5-23)16-20-21-17(29-16)28-10-13(25)18-9-12-3-2-8-27-12/h2-3,8H,4-7,9-10H2,1H3,(H,18,25). The molecule has 1 aliphatic rings. The molecule has 0 saturated carbocycles. The van der Waals surface area contributed by atoms with Crippen LogP contribution in [0.15, 0.2) is 27.2 Å². The Labute approximate surface area is 184 Å². The van der Waals surface area contributed by atoms with Crippen molar-refractivity contribution in [3.63, 3.8) is 0 Å². The number of carbonyl (C=O) groups excluding carboxylic acids is 2. The zero-order valence-electron chi connectivity index (χ0n) is 16.1. The van der Waals surface area contributed by atoms with Gasteiger partial charge in [0, 0.05) is 26.2 Å². The second kappa shape index (κ2) is 9.53. The number of piperazine rings is 1. The van der Waals surface area contributed by atoms with E-state index in [1.807, 2.05) is 11.0 Å². The van der Waals surface area contributed by atoms with Gasteiger partial charge >= 0.3 is 0 Å². The summed E-state index contributed by atoms with van der Waals surface area (Å²) in [7, 11) is 0. The zero-order chi connectivity index (χ0) is 20.9. The van der Waals surface area contributed by atoms with Crippen molar-refractivity contribution in [2.24, 2.45) is 0 Å². The highest BCUT2D eigenvalue weighted by atomic mass is 32.2. The lowest BCUT2D eigenvalue weighted by Crippen LogP contribution is -2.48. The summed E-state index contributed by atoms with van der Waals surface area (Å²) in [5.74, 6) is 0.870. The van der Waals surface area contributed by atoms with Gasteiger partial charge in [-0.05, 0) is 30.6 Å². The molecular formula is C17H19N7O3S3. The van der Waals surface area contributed by atoms with Crippen molar-refractivity contribution in [1.82, 2.24) is 30.0 Å². The van der Waals surface area contributed by atoms with E-state index < -0.39 is 0 Å². The van der Waals surface area contributed by atoms with Gasteiger partial charge in [-0.25, -0.2) is 0 Å². The number of aryl methyl sites for hydroxylation is 1. The van der Waals surface area contributed by atoms with Crippen LogP contribution in [0.1, 0.15) is 21.1 Å². The summed E-state index contributed by atoms with van der Waals surface area (Å²) in [5, 5.41) is 15.9. The number of nitrogens with one attached hydrogen (secondary N) is 1. The molecule has 0 aromatic carbocycles. The van der Waals surface area contributed by atoms with Crippen molar-refractivity contribution in [2.45, 2.75) is 17.8 Å². The normalized spacial score (nSPS) is 14.2. The number of hydrogen-bond donors (Lipinski definition) is 1. The van der Waals surface area contributed by atoms with E-state index in [2.05, 4.69) is 30.0 Å². The first kappa shape index (κ1) is 20.8. The highest BCUT2D eigenvalue weighted by Gasteiger charge is 2.26. The predicted molar refractivity (Wildman–Crippen MR) is 114 cm³/mol. The average Bonchev–Trinajstić information content (AvgIpc) is 3.52. The van der Waals surface area contributed by atoms with Gasteiger partial charge in [-0.2, -0.15) is 0 Å². The van der Waals surface area contributed by atoms with Crippen LogP contribution in [0.3, 0.4) is 0 Å². The molecule has 0 unspecified atom stereocenters. The number of furan rings is 1. The molecule has 0 atom stereocenters. The number of nitrogens with zero attached hydrogens (tertiary/aromatic N) is 6. The van der Waals surface area contributed by atoms with Crippen molar-refractivity contribution in [3.05, 3.63) is 34.7 Å². The number of anilines is 1. The summed E-state index contributed by atoms with van der Waals surface area (Å²) in [6, 6.07) is 3.60. The predicted octanol–water partition coefficient (Wildman–Crippen LogP) is 1.66. The van der Waals surface area contributed by atoms with Crippen LogP contribution in [0.4, 0.5) is 5.13 Å². The lowest BCUT2D eigenvalue weighted by Gasteiger charge is -2.34. The number of hydrogen-bond acceptors (Lipinski definition) is 11. The van der Waals surface area contributed by atoms with E-state index >= 15 is 0 Å². The second-order valence-electron chi connectivity index (χ2n) is 6.46. The molecule has 30 heavy (non-hydrogen) atoms. The lowest BCUT2D eigenvalue weighted by molar-refractivity contribution is -0.118. The molecule has 13 heteroatoms. The van der Waals surface area contributed by atoms with Gasteiger partial charge in [0.15, 0.2) is 4.34 Å². The molecule has 4 heterocycles. The second-order valence-corrected chi connectivity index (χ2v) is 9.39. The zero-order valence-corrected chi connectivity index (χ0v) is 18.6. The van der Waals surface area contributed by atoms with Crippen LogP contribution in [-0.4, -0.2) is 68.4 Å². The Morgan fingerprint density at radius 2 is 2.07 bits per heavy atom. The largest absolute Gasteiger partial charge is 0.467 e. The molecule has 0 aliphatic carbocycles. The minimum absolute atomic E-state index is 0.0174. The Morgan fingerprint density at radius 1 is 1.23 bits per heavy atom. The third-order valence-corrected chi connectivity index (χ3v) is 7.38. The maximum absolute atomic E-state index is 12.6. The Bertz CT molecular complexity index is 996. The number of aromatic nitrogens is 4. The van der Waals surface area contributed by atoms with E-state index in [-0.39, 0.29) is 17.6 Å². The minimum atomic E-state index is -0.0897. The van der Waals surface area contributed by atoms with Crippen LogP contribution in [0.5, 0.6) is 0 Å². The molecule has 0 radical (unpaired) electrons. The van der Waals surface area contributed by atoms with Gasteiger partial charge in [0.25, 0.3) is 5.91 Å². The first-order valence-corrected chi connectivity index (χ1v) is 11.8. The topological polar surface area (TPSA) is 117 Å². The monoisotopic (exact) mass is 465 g/mol. The average molecular weight is 466 g/mol. The van der Waals surface area contributed by atoms with E-state index in [9.17, 15) is 9.59 Å².